The zero-order valence-corrected chi connectivity index (χ0v) is 14.8. The zero-order chi connectivity index (χ0) is 19.2. The number of nitrogens with one attached hydrogen (secondary N) is 3. The minimum absolute atomic E-state index is 0.0377. The van der Waals surface area contributed by atoms with E-state index in [2.05, 4.69) is 16.0 Å². The number of thiocarbonyl (C=S) groups is 1. The van der Waals surface area contributed by atoms with E-state index in [1.54, 1.807) is 36.4 Å². The van der Waals surface area contributed by atoms with Crippen molar-refractivity contribution in [3.63, 3.8) is 0 Å². The third-order valence-corrected chi connectivity index (χ3v) is 3.78. The lowest BCUT2D eigenvalue weighted by Gasteiger charge is -2.17. The van der Waals surface area contributed by atoms with Gasteiger partial charge in [-0.25, -0.2) is 0 Å². The van der Waals surface area contributed by atoms with E-state index in [1.165, 1.54) is 6.08 Å². The van der Waals surface area contributed by atoms with Crippen molar-refractivity contribution in [1.82, 2.24) is 10.6 Å². The first-order chi connectivity index (χ1) is 13.0. The third-order valence-electron chi connectivity index (χ3n) is 3.58. The normalized spacial score (nSPS) is 13.5. The van der Waals surface area contributed by atoms with E-state index in [0.717, 1.165) is 0 Å². The van der Waals surface area contributed by atoms with Crippen LogP contribution < -0.4 is 20.7 Å². The van der Waals surface area contributed by atoms with Gasteiger partial charge in [-0.05, 0) is 36.5 Å². The summed E-state index contributed by atoms with van der Waals surface area (Å²) >= 11 is 4.77. The molecule has 3 N–H and O–H groups in total. The van der Waals surface area contributed by atoms with E-state index in [-0.39, 0.29) is 23.2 Å². The molecule has 0 aromatic heterocycles. The van der Waals surface area contributed by atoms with Crippen LogP contribution in [0.2, 0.25) is 0 Å². The van der Waals surface area contributed by atoms with Gasteiger partial charge in [0.15, 0.2) is 11.7 Å². The molecule has 0 aliphatic carbocycles. The number of anilines is 1. The van der Waals surface area contributed by atoms with E-state index in [0.29, 0.717) is 17.0 Å². The first-order valence-electron chi connectivity index (χ1n) is 7.98. The highest BCUT2D eigenvalue weighted by Gasteiger charge is 2.26. The van der Waals surface area contributed by atoms with Gasteiger partial charge in [0.1, 0.15) is 11.3 Å². The molecule has 0 spiro atoms. The molecule has 3 rings (SSSR count). The van der Waals surface area contributed by atoms with Crippen LogP contribution in [0.1, 0.15) is 5.56 Å². The highest BCUT2D eigenvalue weighted by Crippen LogP contribution is 2.22. The fourth-order valence-electron chi connectivity index (χ4n) is 2.35. The number of carbonyl (C=O) groups is 3. The van der Waals surface area contributed by atoms with Gasteiger partial charge in [0.05, 0.1) is 0 Å². The van der Waals surface area contributed by atoms with Gasteiger partial charge in [-0.15, -0.1) is 0 Å². The van der Waals surface area contributed by atoms with Gasteiger partial charge in [-0.3, -0.25) is 25.0 Å². The number of amides is 3. The van der Waals surface area contributed by atoms with Crippen molar-refractivity contribution in [2.45, 2.75) is 0 Å². The van der Waals surface area contributed by atoms with Crippen molar-refractivity contribution in [3.8, 4) is 5.75 Å². The number of rotatable bonds is 5. The van der Waals surface area contributed by atoms with Crippen LogP contribution in [0.4, 0.5) is 5.69 Å². The van der Waals surface area contributed by atoms with E-state index < -0.39 is 11.8 Å². The fraction of sp³-hybridized carbons (Fsp3) is 0.0526. The number of hydrogen-bond donors (Lipinski definition) is 3. The van der Waals surface area contributed by atoms with Crippen LogP contribution >= 0.6 is 12.2 Å². The number of para-hydroxylation sites is 2. The molecule has 0 bridgehead atoms. The summed E-state index contributed by atoms with van der Waals surface area (Å²) in [5, 5.41) is 7.40. The lowest BCUT2D eigenvalue weighted by Crippen LogP contribution is -2.51. The van der Waals surface area contributed by atoms with Crippen molar-refractivity contribution in [1.29, 1.82) is 0 Å². The molecule has 0 saturated carbocycles. The third kappa shape index (κ3) is 4.77. The summed E-state index contributed by atoms with van der Waals surface area (Å²) in [7, 11) is 0. The molecule has 3 amide bonds. The first-order valence-corrected chi connectivity index (χ1v) is 8.39. The molecule has 1 fully saturated rings. The number of carbonyl (C=O) groups excluding carboxylic acids is 3. The molecule has 1 saturated heterocycles. The molecular formula is C19H15N3O4S. The minimum atomic E-state index is -0.597. The van der Waals surface area contributed by atoms with Crippen molar-refractivity contribution in [2.75, 3.05) is 11.9 Å². The van der Waals surface area contributed by atoms with Gasteiger partial charge in [-0.1, -0.05) is 36.4 Å². The Morgan fingerprint density at radius 2 is 1.63 bits per heavy atom. The standard InChI is InChI=1S/C19H15N3O4S/c23-16(20-13-7-2-1-3-8-13)11-26-15-9-5-4-6-12(15)10-14-17(24)21-19(27)22-18(14)25/h1-10H,11H2,(H,20,23)(H2,21,22,24,25,27). The van der Waals surface area contributed by atoms with Crippen LogP contribution in [0, 0.1) is 0 Å². The van der Waals surface area contributed by atoms with Gasteiger partial charge in [0, 0.05) is 11.3 Å². The van der Waals surface area contributed by atoms with Crippen LogP contribution in [0.25, 0.3) is 6.08 Å². The van der Waals surface area contributed by atoms with E-state index in [4.69, 9.17) is 17.0 Å². The SMILES string of the molecule is O=C(COc1ccccc1C=C1C(=O)NC(=S)NC1=O)Nc1ccccc1. The van der Waals surface area contributed by atoms with Crippen molar-refractivity contribution < 1.29 is 19.1 Å². The maximum absolute atomic E-state index is 12.0. The van der Waals surface area contributed by atoms with Crippen LogP contribution in [0.15, 0.2) is 60.2 Å². The average Bonchev–Trinajstić information content (AvgIpc) is 2.64. The molecule has 0 radical (unpaired) electrons. The number of ether oxygens (including phenoxy) is 1. The van der Waals surface area contributed by atoms with Crippen molar-refractivity contribution in [3.05, 3.63) is 65.7 Å². The Labute approximate surface area is 160 Å². The summed E-state index contributed by atoms with van der Waals surface area (Å²) in [6, 6.07) is 15.8. The van der Waals surface area contributed by atoms with E-state index >= 15 is 0 Å². The maximum atomic E-state index is 12.0. The molecule has 136 valence electrons. The van der Waals surface area contributed by atoms with Gasteiger partial charge in [0.2, 0.25) is 0 Å². The Bertz CT molecular complexity index is 919. The molecule has 2 aromatic carbocycles. The summed E-state index contributed by atoms with van der Waals surface area (Å²) in [6.45, 7) is -0.225. The second-order valence-corrected chi connectivity index (χ2v) is 5.94. The number of hydrogen-bond acceptors (Lipinski definition) is 5. The fourth-order valence-corrected chi connectivity index (χ4v) is 2.54. The Balaban J connectivity index is 1.72. The quantitative estimate of drug-likeness (QED) is 0.416. The monoisotopic (exact) mass is 381 g/mol. The molecule has 1 aliphatic rings. The highest BCUT2D eigenvalue weighted by atomic mass is 32.1. The van der Waals surface area contributed by atoms with Gasteiger partial charge >= 0.3 is 0 Å². The summed E-state index contributed by atoms with van der Waals surface area (Å²) < 4.78 is 5.56. The van der Waals surface area contributed by atoms with Crippen LogP contribution in [0.3, 0.4) is 0 Å². The van der Waals surface area contributed by atoms with Crippen LogP contribution in [-0.4, -0.2) is 29.4 Å². The average molecular weight is 381 g/mol. The summed E-state index contributed by atoms with van der Waals surface area (Å²) in [5.41, 5.74) is 1.04. The predicted octanol–water partition coefficient (Wildman–Crippen LogP) is 1.62. The van der Waals surface area contributed by atoms with Gasteiger partial charge < -0.3 is 10.1 Å². The summed E-state index contributed by atoms with van der Waals surface area (Å²) in [5.74, 6) is -1.16. The first kappa shape index (κ1) is 18.3. The molecule has 27 heavy (non-hydrogen) atoms. The Morgan fingerprint density at radius 3 is 2.33 bits per heavy atom. The lowest BCUT2D eigenvalue weighted by atomic mass is 10.1. The molecule has 8 heteroatoms. The van der Waals surface area contributed by atoms with Crippen LogP contribution in [-0.2, 0) is 14.4 Å². The molecule has 1 aliphatic heterocycles. The smallest absolute Gasteiger partial charge is 0.263 e. The largest absolute Gasteiger partial charge is 0.483 e. The molecule has 0 unspecified atom stereocenters. The second kappa shape index (κ2) is 8.24. The zero-order valence-electron chi connectivity index (χ0n) is 14.0. The highest BCUT2D eigenvalue weighted by molar-refractivity contribution is 7.80. The molecule has 2 aromatic rings. The Morgan fingerprint density at radius 1 is 1.00 bits per heavy atom. The van der Waals surface area contributed by atoms with Gasteiger partial charge in [0.25, 0.3) is 17.7 Å². The summed E-state index contributed by atoms with van der Waals surface area (Å²) in [4.78, 5) is 36.0. The van der Waals surface area contributed by atoms with E-state index in [9.17, 15) is 14.4 Å². The molecule has 7 nitrogen and oxygen atoms in total. The maximum Gasteiger partial charge on any atom is 0.263 e. The Kier molecular flexibility index (Phi) is 5.58. The van der Waals surface area contributed by atoms with Crippen molar-refractivity contribution >= 4 is 46.8 Å². The molecule has 0 atom stereocenters. The van der Waals surface area contributed by atoms with E-state index in [1.807, 2.05) is 18.2 Å². The molecule has 1 heterocycles. The topological polar surface area (TPSA) is 96.5 Å². The minimum Gasteiger partial charge on any atom is -0.483 e. The second-order valence-electron chi connectivity index (χ2n) is 5.54. The van der Waals surface area contributed by atoms with Gasteiger partial charge in [-0.2, -0.15) is 0 Å². The summed E-state index contributed by atoms with van der Waals surface area (Å²) in [6.07, 6.45) is 1.39. The lowest BCUT2D eigenvalue weighted by molar-refractivity contribution is -0.123. The number of benzene rings is 2. The Hall–Kier alpha value is -3.52. The predicted molar refractivity (Wildman–Crippen MR) is 104 cm³/mol. The van der Waals surface area contributed by atoms with Crippen LogP contribution in [0.5, 0.6) is 5.75 Å². The van der Waals surface area contributed by atoms with Crippen molar-refractivity contribution in [2.24, 2.45) is 0 Å². The molecular weight excluding hydrogens is 366 g/mol.